The van der Waals surface area contributed by atoms with E-state index in [9.17, 15) is 9.59 Å². The molecule has 2 fully saturated rings. The highest BCUT2D eigenvalue weighted by atomic mass is 35.5. The van der Waals surface area contributed by atoms with Gasteiger partial charge in [-0.1, -0.05) is 24.6 Å². The highest BCUT2D eigenvalue weighted by Crippen LogP contribution is 2.34. The molecule has 1 atom stereocenters. The molecule has 158 valence electrons. The number of fused-ring (bicyclic) bond motifs is 1. The smallest absolute Gasteiger partial charge is 0.254 e. The Balaban J connectivity index is 0.00000218. The van der Waals surface area contributed by atoms with Crippen LogP contribution in [0.4, 0.5) is 0 Å². The fourth-order valence-electron chi connectivity index (χ4n) is 4.88. The number of carbonyl (C=O) groups excluding carboxylic acids is 2. The standard InChI is InChI=1S/C24H27N3O2.ClH/c1-25-23(28)17-7-5-16(6-8-17)18-9-10-22-19(13-18)14-27(24(22)29)21-11-12-26(15-21)20-3-2-4-20;/h5-10,13,20-21H,2-4,11-12,14-15H2,1H3,(H,25,28);1H. The zero-order valence-electron chi connectivity index (χ0n) is 17.3. The molecule has 0 bridgehead atoms. The molecular weight excluding hydrogens is 398 g/mol. The second kappa shape index (κ2) is 8.40. The molecule has 6 heteroatoms. The van der Waals surface area contributed by atoms with Gasteiger partial charge in [-0.3, -0.25) is 14.5 Å². The van der Waals surface area contributed by atoms with E-state index in [2.05, 4.69) is 21.2 Å². The van der Waals surface area contributed by atoms with Crippen LogP contribution in [0.15, 0.2) is 42.5 Å². The Bertz CT molecular complexity index is 955. The van der Waals surface area contributed by atoms with E-state index in [1.807, 2.05) is 36.4 Å². The maximum absolute atomic E-state index is 13.0. The number of hydrogen-bond donors (Lipinski definition) is 1. The van der Waals surface area contributed by atoms with Crippen molar-refractivity contribution in [3.05, 3.63) is 59.2 Å². The fraction of sp³-hybridized carbons (Fsp3) is 0.417. The van der Waals surface area contributed by atoms with Crippen molar-refractivity contribution in [1.29, 1.82) is 0 Å². The summed E-state index contributed by atoms with van der Waals surface area (Å²) in [6.07, 6.45) is 5.09. The number of rotatable bonds is 4. The molecule has 0 aromatic heterocycles. The monoisotopic (exact) mass is 425 g/mol. The van der Waals surface area contributed by atoms with Crippen LogP contribution in [0, 0.1) is 0 Å². The minimum Gasteiger partial charge on any atom is -0.355 e. The number of benzene rings is 2. The lowest BCUT2D eigenvalue weighted by Crippen LogP contribution is -2.42. The van der Waals surface area contributed by atoms with Crippen molar-refractivity contribution in [2.75, 3.05) is 20.1 Å². The second-order valence-corrected chi connectivity index (χ2v) is 8.48. The lowest BCUT2D eigenvalue weighted by Gasteiger charge is -2.35. The molecule has 2 amide bonds. The third kappa shape index (κ3) is 3.61. The molecule has 2 aliphatic heterocycles. The lowest BCUT2D eigenvalue weighted by molar-refractivity contribution is 0.0689. The van der Waals surface area contributed by atoms with E-state index in [-0.39, 0.29) is 24.2 Å². The summed E-state index contributed by atoms with van der Waals surface area (Å²) < 4.78 is 0. The molecule has 1 unspecified atom stereocenters. The van der Waals surface area contributed by atoms with Crippen LogP contribution in [0.2, 0.25) is 0 Å². The van der Waals surface area contributed by atoms with Gasteiger partial charge in [-0.05, 0) is 60.2 Å². The lowest BCUT2D eigenvalue weighted by atomic mass is 9.92. The molecule has 1 saturated heterocycles. The van der Waals surface area contributed by atoms with Crippen LogP contribution < -0.4 is 5.32 Å². The third-order valence-electron chi connectivity index (χ3n) is 6.87. The summed E-state index contributed by atoms with van der Waals surface area (Å²) in [7, 11) is 1.63. The van der Waals surface area contributed by atoms with Gasteiger partial charge in [-0.2, -0.15) is 0 Å². The molecule has 5 rings (SSSR count). The third-order valence-corrected chi connectivity index (χ3v) is 6.87. The number of hydrogen-bond acceptors (Lipinski definition) is 3. The Kier molecular flexibility index (Phi) is 5.85. The largest absolute Gasteiger partial charge is 0.355 e. The predicted molar refractivity (Wildman–Crippen MR) is 120 cm³/mol. The topological polar surface area (TPSA) is 52.7 Å². The van der Waals surface area contributed by atoms with Gasteiger partial charge in [0.15, 0.2) is 0 Å². The van der Waals surface area contributed by atoms with Crippen molar-refractivity contribution < 1.29 is 9.59 Å². The summed E-state index contributed by atoms with van der Waals surface area (Å²) in [4.78, 5) is 29.4. The van der Waals surface area contributed by atoms with E-state index in [4.69, 9.17) is 0 Å². The van der Waals surface area contributed by atoms with E-state index < -0.39 is 0 Å². The van der Waals surface area contributed by atoms with Gasteiger partial charge >= 0.3 is 0 Å². The molecular formula is C24H28ClN3O2. The Hall–Kier alpha value is -2.37. The molecule has 1 aliphatic carbocycles. The van der Waals surface area contributed by atoms with Crippen molar-refractivity contribution in [2.24, 2.45) is 0 Å². The quantitative estimate of drug-likeness (QED) is 0.812. The van der Waals surface area contributed by atoms with Gasteiger partial charge in [-0.15, -0.1) is 12.4 Å². The highest BCUT2D eigenvalue weighted by Gasteiger charge is 2.39. The van der Waals surface area contributed by atoms with Crippen LogP contribution in [0.5, 0.6) is 0 Å². The summed E-state index contributed by atoms with van der Waals surface area (Å²) in [5, 5.41) is 2.64. The van der Waals surface area contributed by atoms with Crippen LogP contribution in [0.3, 0.4) is 0 Å². The first-order valence-electron chi connectivity index (χ1n) is 10.6. The molecule has 2 heterocycles. The van der Waals surface area contributed by atoms with E-state index in [1.165, 1.54) is 19.3 Å². The first kappa shape index (κ1) is 20.9. The van der Waals surface area contributed by atoms with Gasteiger partial charge in [0.2, 0.25) is 0 Å². The Labute approximate surface area is 183 Å². The van der Waals surface area contributed by atoms with Crippen molar-refractivity contribution >= 4 is 24.2 Å². The minimum atomic E-state index is -0.0840. The number of halogens is 1. The van der Waals surface area contributed by atoms with E-state index in [1.54, 1.807) is 7.05 Å². The second-order valence-electron chi connectivity index (χ2n) is 8.48. The van der Waals surface area contributed by atoms with Crippen LogP contribution in [0.1, 0.15) is 52.0 Å². The zero-order chi connectivity index (χ0) is 20.0. The van der Waals surface area contributed by atoms with Gasteiger partial charge in [0, 0.05) is 49.9 Å². The zero-order valence-corrected chi connectivity index (χ0v) is 18.1. The average Bonchev–Trinajstić information content (AvgIpc) is 3.31. The summed E-state index contributed by atoms with van der Waals surface area (Å²) >= 11 is 0. The van der Waals surface area contributed by atoms with Gasteiger partial charge in [0.25, 0.3) is 11.8 Å². The number of nitrogens with one attached hydrogen (secondary N) is 1. The molecule has 2 aromatic carbocycles. The number of carbonyl (C=O) groups is 2. The first-order chi connectivity index (χ1) is 14.1. The maximum Gasteiger partial charge on any atom is 0.254 e. The minimum absolute atomic E-state index is 0. The summed E-state index contributed by atoms with van der Waals surface area (Å²) in [5.74, 6) is 0.0984. The fourth-order valence-corrected chi connectivity index (χ4v) is 4.88. The molecule has 2 aromatic rings. The Morgan fingerprint density at radius 1 is 1.00 bits per heavy atom. The van der Waals surface area contributed by atoms with E-state index in [0.717, 1.165) is 47.8 Å². The number of amides is 2. The molecule has 5 nitrogen and oxygen atoms in total. The molecule has 3 aliphatic rings. The van der Waals surface area contributed by atoms with Crippen molar-refractivity contribution in [1.82, 2.24) is 15.1 Å². The molecule has 0 spiro atoms. The molecule has 1 saturated carbocycles. The first-order valence-corrected chi connectivity index (χ1v) is 10.6. The van der Waals surface area contributed by atoms with Crippen molar-refractivity contribution in [3.8, 4) is 11.1 Å². The SMILES string of the molecule is CNC(=O)c1ccc(-c2ccc3c(c2)CN(C2CCN(C4CCC4)C2)C3=O)cc1.Cl. The summed E-state index contributed by atoms with van der Waals surface area (Å²) in [6.45, 7) is 2.86. The molecule has 0 radical (unpaired) electrons. The van der Waals surface area contributed by atoms with Gasteiger partial charge in [0.1, 0.15) is 0 Å². The maximum atomic E-state index is 13.0. The van der Waals surface area contributed by atoms with Gasteiger partial charge in [-0.25, -0.2) is 0 Å². The molecule has 30 heavy (non-hydrogen) atoms. The summed E-state index contributed by atoms with van der Waals surface area (Å²) in [5.41, 5.74) is 4.76. The van der Waals surface area contributed by atoms with E-state index in [0.29, 0.717) is 18.2 Å². The van der Waals surface area contributed by atoms with Crippen LogP contribution in [-0.2, 0) is 6.54 Å². The average molecular weight is 426 g/mol. The Morgan fingerprint density at radius 3 is 2.40 bits per heavy atom. The van der Waals surface area contributed by atoms with Crippen LogP contribution >= 0.6 is 12.4 Å². The number of likely N-dealkylation sites (tertiary alicyclic amines) is 1. The van der Waals surface area contributed by atoms with Crippen molar-refractivity contribution in [3.63, 3.8) is 0 Å². The summed E-state index contributed by atoms with van der Waals surface area (Å²) in [6, 6.07) is 14.8. The highest BCUT2D eigenvalue weighted by molar-refractivity contribution is 5.99. The van der Waals surface area contributed by atoms with Crippen LogP contribution in [0.25, 0.3) is 11.1 Å². The van der Waals surface area contributed by atoms with Crippen molar-refractivity contribution in [2.45, 2.75) is 44.3 Å². The predicted octanol–water partition coefficient (Wildman–Crippen LogP) is 3.72. The molecule has 1 N–H and O–H groups in total. The van der Waals surface area contributed by atoms with Crippen LogP contribution in [-0.4, -0.2) is 53.8 Å². The Morgan fingerprint density at radius 2 is 1.73 bits per heavy atom. The number of nitrogens with zero attached hydrogens (tertiary/aromatic N) is 2. The normalized spacial score (nSPS) is 21.2. The van der Waals surface area contributed by atoms with Gasteiger partial charge in [0.05, 0.1) is 0 Å². The van der Waals surface area contributed by atoms with E-state index >= 15 is 0 Å². The van der Waals surface area contributed by atoms with Gasteiger partial charge < -0.3 is 10.2 Å².